The van der Waals surface area contributed by atoms with E-state index in [9.17, 15) is 32.3 Å². The number of esters is 2. The maximum Gasteiger partial charge on any atom is 0.416 e. The van der Waals surface area contributed by atoms with E-state index in [0.29, 0.717) is 11.0 Å². The Hall–Kier alpha value is -2.92. The molecular formula is C20H15ClF3NO7. The van der Waals surface area contributed by atoms with Crippen LogP contribution in [-0.4, -0.2) is 41.7 Å². The van der Waals surface area contributed by atoms with Crippen molar-refractivity contribution in [3.8, 4) is 0 Å². The molecule has 3 heterocycles. The lowest BCUT2D eigenvalue weighted by Crippen LogP contribution is -2.52. The molecule has 8 nitrogen and oxygen atoms in total. The lowest BCUT2D eigenvalue weighted by molar-refractivity contribution is -0.226. The molecule has 0 aromatic heterocycles. The predicted octanol–water partition coefficient (Wildman–Crippen LogP) is 2.62. The number of alkyl halides is 3. The number of imide groups is 1. The van der Waals surface area contributed by atoms with E-state index in [-0.39, 0.29) is 5.02 Å². The number of hydrogen-bond acceptors (Lipinski definition) is 7. The highest BCUT2D eigenvalue weighted by Gasteiger charge is 2.72. The third kappa shape index (κ3) is 3.27. The molecule has 3 aliphatic rings. The predicted molar refractivity (Wildman–Crippen MR) is 100.0 cm³/mol. The number of carbonyl (C=O) groups excluding carboxylic acids is 4. The summed E-state index contributed by atoms with van der Waals surface area (Å²) >= 11 is 6.04. The van der Waals surface area contributed by atoms with E-state index in [1.54, 1.807) is 0 Å². The van der Waals surface area contributed by atoms with E-state index < -0.39 is 71.0 Å². The summed E-state index contributed by atoms with van der Waals surface area (Å²) in [6.45, 7) is 2.10. The number of benzene rings is 1. The highest BCUT2D eigenvalue weighted by Crippen LogP contribution is 2.55. The monoisotopic (exact) mass is 473 g/mol. The number of ether oxygens (including phenoxy) is 3. The van der Waals surface area contributed by atoms with Gasteiger partial charge in [-0.2, -0.15) is 13.2 Å². The van der Waals surface area contributed by atoms with Gasteiger partial charge in [0.05, 0.1) is 34.2 Å². The van der Waals surface area contributed by atoms with Crippen molar-refractivity contribution in [2.45, 2.75) is 38.0 Å². The van der Waals surface area contributed by atoms with Crippen molar-refractivity contribution in [3.05, 3.63) is 40.9 Å². The van der Waals surface area contributed by atoms with Crippen molar-refractivity contribution < 1.29 is 46.6 Å². The molecule has 0 saturated carbocycles. The van der Waals surface area contributed by atoms with E-state index in [4.69, 9.17) is 25.8 Å². The third-order valence-corrected chi connectivity index (χ3v) is 5.83. The average Bonchev–Trinajstić information content (AvgIpc) is 3.32. The number of carbonyl (C=O) groups is 4. The molecule has 2 fully saturated rings. The molecule has 1 aromatic carbocycles. The molecule has 4 rings (SSSR count). The van der Waals surface area contributed by atoms with Crippen molar-refractivity contribution in [1.29, 1.82) is 0 Å². The second-order valence-electron chi connectivity index (χ2n) is 7.53. The van der Waals surface area contributed by atoms with Gasteiger partial charge in [-0.15, -0.1) is 0 Å². The Labute approximate surface area is 183 Å². The van der Waals surface area contributed by atoms with Crippen LogP contribution in [0.3, 0.4) is 0 Å². The van der Waals surface area contributed by atoms with Gasteiger partial charge in [-0.25, -0.2) is 4.90 Å². The van der Waals surface area contributed by atoms with Gasteiger partial charge in [0.2, 0.25) is 11.8 Å². The zero-order valence-corrected chi connectivity index (χ0v) is 17.3. The third-order valence-electron chi connectivity index (χ3n) is 5.51. The van der Waals surface area contributed by atoms with Gasteiger partial charge in [0.25, 0.3) is 6.29 Å². The summed E-state index contributed by atoms with van der Waals surface area (Å²) in [6.07, 6.45) is -4.56. The first-order valence-corrected chi connectivity index (χ1v) is 9.71. The normalized spacial score (nSPS) is 28.5. The fourth-order valence-electron chi connectivity index (χ4n) is 4.31. The first-order chi connectivity index (χ1) is 14.9. The van der Waals surface area contributed by atoms with Gasteiger partial charge in [-0.1, -0.05) is 17.7 Å². The number of fused-ring (bicyclic) bond motifs is 5. The number of rotatable bonds is 4. The second-order valence-corrected chi connectivity index (χ2v) is 7.93. The van der Waals surface area contributed by atoms with Crippen LogP contribution >= 0.6 is 11.6 Å². The Balaban J connectivity index is 1.78. The van der Waals surface area contributed by atoms with Gasteiger partial charge in [0, 0.05) is 13.8 Å². The number of amides is 2. The smallest absolute Gasteiger partial charge is 0.416 e. The topological polar surface area (TPSA) is 99.2 Å². The first-order valence-electron chi connectivity index (χ1n) is 9.33. The summed E-state index contributed by atoms with van der Waals surface area (Å²) in [7, 11) is 0. The molecule has 2 bridgehead atoms. The van der Waals surface area contributed by atoms with Crippen LogP contribution < -0.4 is 4.90 Å². The minimum atomic E-state index is -4.73. The first kappa shape index (κ1) is 22.3. The van der Waals surface area contributed by atoms with Gasteiger partial charge in [-0.3, -0.25) is 19.2 Å². The summed E-state index contributed by atoms with van der Waals surface area (Å²) in [5, 5.41) is -0.244. The highest BCUT2D eigenvalue weighted by atomic mass is 35.5. The summed E-state index contributed by atoms with van der Waals surface area (Å²) in [4.78, 5) is 50.2. The van der Waals surface area contributed by atoms with Crippen LogP contribution in [-0.2, 0) is 39.6 Å². The summed E-state index contributed by atoms with van der Waals surface area (Å²) < 4.78 is 55.5. The lowest BCUT2D eigenvalue weighted by Gasteiger charge is -2.34. The summed E-state index contributed by atoms with van der Waals surface area (Å²) in [6, 6.07) is 2.27. The van der Waals surface area contributed by atoms with Crippen LogP contribution in [0.5, 0.6) is 0 Å². The van der Waals surface area contributed by atoms with E-state index in [0.717, 1.165) is 26.0 Å². The molecule has 2 saturated heterocycles. The molecule has 4 atom stereocenters. The maximum absolute atomic E-state index is 13.4. The summed E-state index contributed by atoms with van der Waals surface area (Å²) in [5.41, 5.74) is -3.35. The Morgan fingerprint density at radius 3 is 2.34 bits per heavy atom. The van der Waals surface area contributed by atoms with Crippen LogP contribution in [0.15, 0.2) is 30.4 Å². The van der Waals surface area contributed by atoms with Crippen LogP contribution in [0, 0.1) is 11.8 Å². The van der Waals surface area contributed by atoms with Crippen LogP contribution in [0.2, 0.25) is 5.02 Å². The molecule has 0 unspecified atom stereocenters. The number of nitrogens with zero attached hydrogens (tertiary/aromatic N) is 1. The summed E-state index contributed by atoms with van der Waals surface area (Å²) in [5.74, 6) is -5.89. The zero-order chi connectivity index (χ0) is 23.6. The average molecular weight is 474 g/mol. The Kier molecular flexibility index (Phi) is 5.09. The van der Waals surface area contributed by atoms with E-state index in [2.05, 4.69) is 0 Å². The fourth-order valence-corrected chi connectivity index (χ4v) is 4.52. The van der Waals surface area contributed by atoms with Crippen molar-refractivity contribution in [3.63, 3.8) is 0 Å². The number of hydrogen-bond donors (Lipinski definition) is 0. The van der Waals surface area contributed by atoms with Gasteiger partial charge in [0.15, 0.2) is 5.60 Å². The zero-order valence-electron chi connectivity index (χ0n) is 16.5. The molecule has 0 spiro atoms. The largest absolute Gasteiger partial charge is 0.422 e. The lowest BCUT2D eigenvalue weighted by atomic mass is 9.76. The van der Waals surface area contributed by atoms with Crippen molar-refractivity contribution in [1.82, 2.24) is 0 Å². The fraction of sp³-hybridized carbons (Fsp3) is 0.400. The molecule has 0 radical (unpaired) electrons. The molecule has 32 heavy (non-hydrogen) atoms. The van der Waals surface area contributed by atoms with Gasteiger partial charge < -0.3 is 14.2 Å². The molecule has 2 amide bonds. The minimum Gasteiger partial charge on any atom is -0.422 e. The molecule has 0 N–H and O–H groups in total. The standard InChI is InChI=1S/C20H15ClF3NO7/c1-8(26)30-18(31-9(2)27)19-6-5-13(32-19)14-15(19)17(29)25(16(14)28)12-7-10(20(22,23)24)3-4-11(12)21/h3-7,13-15,18H,1-2H3/t13-,14+,15+,19+/m1/s1. The molecule has 170 valence electrons. The maximum atomic E-state index is 13.4. The van der Waals surface area contributed by atoms with Crippen molar-refractivity contribution in [2.75, 3.05) is 4.90 Å². The van der Waals surface area contributed by atoms with Gasteiger partial charge in [0.1, 0.15) is 0 Å². The van der Waals surface area contributed by atoms with E-state index in [1.165, 1.54) is 12.2 Å². The van der Waals surface area contributed by atoms with Crippen molar-refractivity contribution >= 4 is 41.0 Å². The van der Waals surface area contributed by atoms with Gasteiger partial charge in [-0.05, 0) is 24.3 Å². The van der Waals surface area contributed by atoms with Crippen molar-refractivity contribution in [2.24, 2.45) is 11.8 Å². The van der Waals surface area contributed by atoms with Crippen LogP contribution in [0.25, 0.3) is 0 Å². The van der Waals surface area contributed by atoms with E-state index in [1.807, 2.05) is 0 Å². The van der Waals surface area contributed by atoms with E-state index >= 15 is 0 Å². The Morgan fingerprint density at radius 1 is 1.16 bits per heavy atom. The quantitative estimate of drug-likeness (QED) is 0.287. The van der Waals surface area contributed by atoms with Crippen LogP contribution in [0.1, 0.15) is 19.4 Å². The molecule has 12 heteroatoms. The minimum absolute atomic E-state index is 0.244. The number of anilines is 1. The Bertz CT molecular complexity index is 1060. The molecule has 0 aliphatic carbocycles. The second kappa shape index (κ2) is 7.31. The molecule has 1 aromatic rings. The van der Waals surface area contributed by atoms with Crippen LogP contribution in [0.4, 0.5) is 18.9 Å². The molecular weight excluding hydrogens is 459 g/mol. The Morgan fingerprint density at radius 2 is 1.78 bits per heavy atom. The SMILES string of the molecule is CC(=O)OC(OC(C)=O)[C@@]12C=C[C@@H](O1)[C@@H]1C(=O)N(c3cc(C(F)(F)F)ccc3Cl)C(=O)[C@H]12. The molecule has 3 aliphatic heterocycles. The highest BCUT2D eigenvalue weighted by molar-refractivity contribution is 6.36. The van der Waals surface area contributed by atoms with Gasteiger partial charge >= 0.3 is 18.1 Å². The number of halogens is 4.